The molecular weight excluding hydrogens is 313 g/mol. The molecule has 5 heteroatoms. The molecule has 0 aliphatic carbocycles. The summed E-state index contributed by atoms with van der Waals surface area (Å²) in [5.74, 6) is 0.908. The smallest absolute Gasteiger partial charge is 0.178 e. The lowest BCUT2D eigenvalue weighted by Gasteiger charge is -2.25. The number of hydrogen-bond acceptors (Lipinski definition) is 3. The molecule has 2 heterocycles. The molecule has 0 saturated carbocycles. The van der Waals surface area contributed by atoms with E-state index in [1.54, 1.807) is 6.07 Å². The van der Waals surface area contributed by atoms with Gasteiger partial charge >= 0.3 is 0 Å². The maximum atomic E-state index is 14.3. The van der Waals surface area contributed by atoms with Gasteiger partial charge in [-0.3, -0.25) is 0 Å². The molecule has 0 spiro atoms. The Balaban J connectivity index is 1.86. The van der Waals surface area contributed by atoms with Crippen LogP contribution in [0.2, 0.25) is 0 Å². The first-order valence-electron chi connectivity index (χ1n) is 6.75. The maximum absolute atomic E-state index is 14.3. The van der Waals surface area contributed by atoms with Gasteiger partial charge in [0.05, 0.1) is 4.47 Å². The fourth-order valence-electron chi connectivity index (χ4n) is 2.69. The highest BCUT2D eigenvalue weighted by molar-refractivity contribution is 9.10. The Kier molecular flexibility index (Phi) is 3.93. The van der Waals surface area contributed by atoms with Crippen molar-refractivity contribution >= 4 is 15.9 Å². The van der Waals surface area contributed by atoms with Gasteiger partial charge in [0.15, 0.2) is 11.5 Å². The predicted octanol–water partition coefficient (Wildman–Crippen LogP) is 3.04. The molecule has 1 atom stereocenters. The number of nitrogens with one attached hydrogen (secondary N) is 1. The van der Waals surface area contributed by atoms with E-state index in [9.17, 15) is 4.39 Å². The zero-order valence-corrected chi connectivity index (χ0v) is 12.3. The molecule has 0 bridgehead atoms. The molecule has 0 radical (unpaired) electrons. The van der Waals surface area contributed by atoms with Crippen LogP contribution in [-0.4, -0.2) is 25.8 Å². The van der Waals surface area contributed by atoms with Gasteiger partial charge in [0.2, 0.25) is 0 Å². The normalized spacial score (nSPS) is 22.3. The molecule has 104 valence electrons. The van der Waals surface area contributed by atoms with E-state index < -0.39 is 0 Å². The van der Waals surface area contributed by atoms with Gasteiger partial charge < -0.3 is 14.8 Å². The number of halogens is 2. The summed E-state index contributed by atoms with van der Waals surface area (Å²) in [7, 11) is 0. The van der Waals surface area contributed by atoms with Crippen LogP contribution in [0.25, 0.3) is 0 Å². The standard InChI is InChI=1S/C14H17BrFNO2/c15-12-13(16)9(7-10-3-1-2-4-17-10)8-11-14(12)19-6-5-18-11/h8,10,17H,1-7H2. The highest BCUT2D eigenvalue weighted by Gasteiger charge is 2.23. The highest BCUT2D eigenvalue weighted by Crippen LogP contribution is 2.41. The van der Waals surface area contributed by atoms with E-state index in [1.807, 2.05) is 0 Å². The Morgan fingerprint density at radius 3 is 2.95 bits per heavy atom. The summed E-state index contributed by atoms with van der Waals surface area (Å²) in [4.78, 5) is 0. The van der Waals surface area contributed by atoms with Gasteiger partial charge in [-0.25, -0.2) is 4.39 Å². The molecule has 1 fully saturated rings. The molecule has 1 unspecified atom stereocenters. The Hall–Kier alpha value is -0.810. The van der Waals surface area contributed by atoms with Crippen molar-refractivity contribution in [2.24, 2.45) is 0 Å². The van der Waals surface area contributed by atoms with Crippen molar-refractivity contribution in [1.82, 2.24) is 5.32 Å². The van der Waals surface area contributed by atoms with Crippen molar-refractivity contribution in [1.29, 1.82) is 0 Å². The van der Waals surface area contributed by atoms with Crippen LogP contribution in [0.15, 0.2) is 10.5 Å². The third-order valence-electron chi connectivity index (χ3n) is 3.67. The molecule has 3 rings (SSSR count). The Bertz CT molecular complexity index is 475. The minimum atomic E-state index is -0.225. The molecule has 0 amide bonds. The summed E-state index contributed by atoms with van der Waals surface area (Å²) >= 11 is 3.28. The number of hydrogen-bond donors (Lipinski definition) is 1. The molecular formula is C14H17BrFNO2. The van der Waals surface area contributed by atoms with Gasteiger partial charge in [-0.15, -0.1) is 0 Å². The van der Waals surface area contributed by atoms with Crippen molar-refractivity contribution in [3.8, 4) is 11.5 Å². The van der Waals surface area contributed by atoms with Crippen molar-refractivity contribution in [3.05, 3.63) is 21.9 Å². The van der Waals surface area contributed by atoms with E-state index in [2.05, 4.69) is 21.2 Å². The molecule has 2 aliphatic rings. The van der Waals surface area contributed by atoms with Gasteiger partial charge in [0.25, 0.3) is 0 Å². The minimum absolute atomic E-state index is 0.225. The topological polar surface area (TPSA) is 30.5 Å². The molecule has 3 nitrogen and oxygen atoms in total. The lowest BCUT2D eigenvalue weighted by atomic mass is 9.97. The average Bonchev–Trinajstić information content (AvgIpc) is 2.46. The van der Waals surface area contributed by atoms with E-state index in [1.165, 1.54) is 12.8 Å². The van der Waals surface area contributed by atoms with Crippen LogP contribution in [0.5, 0.6) is 11.5 Å². The lowest BCUT2D eigenvalue weighted by molar-refractivity contribution is 0.169. The summed E-state index contributed by atoms with van der Waals surface area (Å²) in [6, 6.07) is 2.14. The van der Waals surface area contributed by atoms with Gasteiger partial charge in [-0.05, 0) is 53.4 Å². The van der Waals surface area contributed by atoms with Crippen LogP contribution in [0.1, 0.15) is 24.8 Å². The monoisotopic (exact) mass is 329 g/mol. The fourth-order valence-corrected chi connectivity index (χ4v) is 3.25. The van der Waals surface area contributed by atoms with Gasteiger partial charge in [-0.1, -0.05) is 6.42 Å². The van der Waals surface area contributed by atoms with Crippen LogP contribution in [0.4, 0.5) is 4.39 Å². The summed E-state index contributed by atoms with van der Waals surface area (Å²) in [5, 5.41) is 3.44. The van der Waals surface area contributed by atoms with Crippen molar-refractivity contribution in [2.45, 2.75) is 31.7 Å². The maximum Gasteiger partial charge on any atom is 0.178 e. The van der Waals surface area contributed by atoms with Gasteiger partial charge in [-0.2, -0.15) is 0 Å². The van der Waals surface area contributed by atoms with E-state index in [4.69, 9.17) is 9.47 Å². The van der Waals surface area contributed by atoms with Crippen molar-refractivity contribution < 1.29 is 13.9 Å². The molecule has 1 aromatic rings. The van der Waals surface area contributed by atoms with E-state index >= 15 is 0 Å². The summed E-state index contributed by atoms with van der Waals surface area (Å²) in [6.07, 6.45) is 4.22. The summed E-state index contributed by atoms with van der Waals surface area (Å²) in [6.45, 7) is 2.01. The minimum Gasteiger partial charge on any atom is -0.486 e. The molecule has 1 N–H and O–H groups in total. The molecule has 2 aliphatic heterocycles. The first kappa shape index (κ1) is 13.2. The first-order valence-corrected chi connectivity index (χ1v) is 7.55. The third-order valence-corrected chi connectivity index (χ3v) is 4.38. The van der Waals surface area contributed by atoms with E-state index in [0.717, 1.165) is 13.0 Å². The van der Waals surface area contributed by atoms with Crippen LogP contribution >= 0.6 is 15.9 Å². The number of benzene rings is 1. The Labute approximate surface area is 120 Å². The summed E-state index contributed by atoms with van der Waals surface area (Å²) in [5.41, 5.74) is 0.690. The highest BCUT2D eigenvalue weighted by atomic mass is 79.9. The van der Waals surface area contributed by atoms with Crippen LogP contribution in [0.3, 0.4) is 0 Å². The molecule has 1 saturated heterocycles. The van der Waals surface area contributed by atoms with Crippen molar-refractivity contribution in [2.75, 3.05) is 19.8 Å². The van der Waals surface area contributed by atoms with Gasteiger partial charge in [0, 0.05) is 6.04 Å². The Morgan fingerprint density at radius 1 is 1.32 bits per heavy atom. The zero-order valence-electron chi connectivity index (χ0n) is 10.7. The van der Waals surface area contributed by atoms with Gasteiger partial charge in [0.1, 0.15) is 19.0 Å². The largest absolute Gasteiger partial charge is 0.486 e. The fraction of sp³-hybridized carbons (Fsp3) is 0.571. The van der Waals surface area contributed by atoms with Crippen LogP contribution in [0, 0.1) is 5.82 Å². The first-order chi connectivity index (χ1) is 9.25. The van der Waals surface area contributed by atoms with Crippen LogP contribution < -0.4 is 14.8 Å². The molecule has 19 heavy (non-hydrogen) atoms. The molecule has 0 aromatic heterocycles. The van der Waals surface area contributed by atoms with E-state index in [0.29, 0.717) is 47.2 Å². The lowest BCUT2D eigenvalue weighted by Crippen LogP contribution is -2.35. The van der Waals surface area contributed by atoms with Crippen molar-refractivity contribution in [3.63, 3.8) is 0 Å². The number of piperidine rings is 1. The SMILES string of the molecule is Fc1c(CC2CCCCN2)cc2c(c1Br)OCCO2. The third kappa shape index (κ3) is 2.72. The summed E-state index contributed by atoms with van der Waals surface area (Å²) < 4.78 is 25.7. The average molecular weight is 330 g/mol. The van der Waals surface area contributed by atoms with Crippen LogP contribution in [-0.2, 0) is 6.42 Å². The second-order valence-electron chi connectivity index (χ2n) is 5.04. The molecule has 1 aromatic carbocycles. The number of fused-ring (bicyclic) bond motifs is 1. The second-order valence-corrected chi connectivity index (χ2v) is 5.83. The quantitative estimate of drug-likeness (QED) is 0.904. The predicted molar refractivity (Wildman–Crippen MR) is 74.4 cm³/mol. The number of ether oxygens (including phenoxy) is 2. The number of rotatable bonds is 2. The zero-order chi connectivity index (χ0) is 13.2. The Morgan fingerprint density at radius 2 is 2.16 bits per heavy atom. The second kappa shape index (κ2) is 5.67. The van der Waals surface area contributed by atoms with E-state index in [-0.39, 0.29) is 5.82 Å².